The third kappa shape index (κ3) is 3.87. The highest BCUT2D eigenvalue weighted by atomic mass is 32.2. The molecule has 6 nitrogen and oxygen atoms in total. The lowest BCUT2D eigenvalue weighted by Crippen LogP contribution is -2.21. The summed E-state index contributed by atoms with van der Waals surface area (Å²) in [6.07, 6.45) is 4.12. The van der Waals surface area contributed by atoms with Crippen molar-refractivity contribution in [3.05, 3.63) is 60.0 Å². The first-order valence-corrected chi connectivity index (χ1v) is 10.9. The van der Waals surface area contributed by atoms with Crippen LogP contribution in [0.5, 0.6) is 0 Å². The minimum atomic E-state index is 0.758. The third-order valence-corrected chi connectivity index (χ3v) is 6.22. The first-order chi connectivity index (χ1) is 14.1. The van der Waals surface area contributed by atoms with Gasteiger partial charge in [0.25, 0.3) is 0 Å². The van der Waals surface area contributed by atoms with Crippen LogP contribution in [0, 0.1) is 6.92 Å². The summed E-state index contributed by atoms with van der Waals surface area (Å²) in [5, 5.41) is 9.71. The maximum absolute atomic E-state index is 4.74. The highest BCUT2D eigenvalue weighted by molar-refractivity contribution is 7.98. The van der Waals surface area contributed by atoms with E-state index in [9.17, 15) is 0 Å². The zero-order valence-corrected chi connectivity index (χ0v) is 18.1. The topological polar surface area (TPSA) is 51.3 Å². The van der Waals surface area contributed by atoms with Gasteiger partial charge in [-0.1, -0.05) is 17.8 Å². The summed E-state index contributed by atoms with van der Waals surface area (Å²) in [5.74, 6) is 1.64. The molecular formula is C22H26N6S. The standard InChI is InChI=1S/C22H26N6S/c1-5-27(6-2)19-11-9-17(10-12-19)21-24-25-22(26(21)4)29-15-18-14-28-13-7-8-16(3)20(28)23-18/h7-14H,5-6,15H2,1-4H3. The molecule has 1 aromatic carbocycles. The van der Waals surface area contributed by atoms with Crippen molar-refractivity contribution in [2.45, 2.75) is 31.7 Å². The van der Waals surface area contributed by atoms with Crippen molar-refractivity contribution >= 4 is 23.1 Å². The fourth-order valence-corrected chi connectivity index (χ4v) is 4.31. The molecule has 4 rings (SSSR count). The molecule has 0 atom stereocenters. The Morgan fingerprint density at radius 2 is 1.79 bits per heavy atom. The van der Waals surface area contributed by atoms with Crippen LogP contribution in [0.4, 0.5) is 5.69 Å². The van der Waals surface area contributed by atoms with Crippen LogP contribution in [0.25, 0.3) is 17.0 Å². The smallest absolute Gasteiger partial charge is 0.191 e. The highest BCUT2D eigenvalue weighted by Gasteiger charge is 2.13. The van der Waals surface area contributed by atoms with E-state index in [2.05, 4.69) is 81.4 Å². The quantitative estimate of drug-likeness (QED) is 0.421. The molecule has 0 unspecified atom stereocenters. The fourth-order valence-electron chi connectivity index (χ4n) is 3.51. The lowest BCUT2D eigenvalue weighted by molar-refractivity contribution is 0.793. The summed E-state index contributed by atoms with van der Waals surface area (Å²) < 4.78 is 4.13. The van der Waals surface area contributed by atoms with Crippen molar-refractivity contribution in [1.82, 2.24) is 24.1 Å². The summed E-state index contributed by atoms with van der Waals surface area (Å²) in [5.41, 5.74) is 5.54. The van der Waals surface area contributed by atoms with Gasteiger partial charge in [-0.3, -0.25) is 0 Å². The van der Waals surface area contributed by atoms with Gasteiger partial charge >= 0.3 is 0 Å². The van der Waals surface area contributed by atoms with E-state index in [0.29, 0.717) is 0 Å². The van der Waals surface area contributed by atoms with Crippen LogP contribution in [0.3, 0.4) is 0 Å². The van der Waals surface area contributed by atoms with Gasteiger partial charge < -0.3 is 13.9 Å². The Labute approximate surface area is 175 Å². The molecule has 4 aromatic rings. The Kier molecular flexibility index (Phi) is 5.58. The van der Waals surface area contributed by atoms with Crippen LogP contribution in [-0.4, -0.2) is 37.2 Å². The van der Waals surface area contributed by atoms with Gasteiger partial charge in [-0.2, -0.15) is 0 Å². The second-order valence-electron chi connectivity index (χ2n) is 7.03. The van der Waals surface area contributed by atoms with Crippen LogP contribution >= 0.6 is 11.8 Å². The Morgan fingerprint density at radius 3 is 2.48 bits per heavy atom. The van der Waals surface area contributed by atoms with Crippen molar-refractivity contribution in [1.29, 1.82) is 0 Å². The van der Waals surface area contributed by atoms with E-state index < -0.39 is 0 Å². The number of thioether (sulfide) groups is 1. The van der Waals surface area contributed by atoms with Gasteiger partial charge in [0.05, 0.1) is 5.69 Å². The number of fused-ring (bicyclic) bond motifs is 1. The van der Waals surface area contributed by atoms with Crippen molar-refractivity contribution in [3.63, 3.8) is 0 Å². The SMILES string of the molecule is CCN(CC)c1ccc(-c2nnc(SCc3cn4cccc(C)c4n3)n2C)cc1. The molecule has 0 spiro atoms. The number of aryl methyl sites for hydroxylation is 1. The summed E-state index contributed by atoms with van der Waals surface area (Å²) in [6.45, 7) is 8.44. The molecule has 3 heterocycles. The minimum absolute atomic E-state index is 0.758. The Morgan fingerprint density at radius 1 is 1.03 bits per heavy atom. The number of rotatable bonds is 7. The van der Waals surface area contributed by atoms with E-state index >= 15 is 0 Å². The second-order valence-corrected chi connectivity index (χ2v) is 7.97. The van der Waals surface area contributed by atoms with Gasteiger partial charge in [-0.25, -0.2) is 4.98 Å². The lowest BCUT2D eigenvalue weighted by atomic mass is 10.2. The average molecular weight is 407 g/mol. The van der Waals surface area contributed by atoms with Gasteiger partial charge in [0.1, 0.15) is 5.65 Å². The molecule has 7 heteroatoms. The Hall–Kier alpha value is -2.80. The molecule has 0 bridgehead atoms. The molecule has 0 aliphatic carbocycles. The predicted octanol–water partition coefficient (Wildman–Crippen LogP) is 4.58. The van der Waals surface area contributed by atoms with Gasteiger partial charge in [0, 0.05) is 49.5 Å². The van der Waals surface area contributed by atoms with Crippen molar-refractivity contribution in [3.8, 4) is 11.4 Å². The third-order valence-electron chi connectivity index (χ3n) is 5.17. The maximum Gasteiger partial charge on any atom is 0.191 e. The number of anilines is 1. The van der Waals surface area contributed by atoms with E-state index in [-0.39, 0.29) is 0 Å². The van der Waals surface area contributed by atoms with E-state index in [0.717, 1.165) is 46.7 Å². The van der Waals surface area contributed by atoms with Gasteiger partial charge in [0.2, 0.25) is 0 Å². The van der Waals surface area contributed by atoms with Gasteiger partial charge in [-0.05, 0) is 56.7 Å². The summed E-state index contributed by atoms with van der Waals surface area (Å²) >= 11 is 1.66. The van der Waals surface area contributed by atoms with E-state index in [1.807, 2.05) is 19.3 Å². The van der Waals surface area contributed by atoms with Crippen molar-refractivity contribution in [2.24, 2.45) is 7.05 Å². The molecule has 29 heavy (non-hydrogen) atoms. The zero-order chi connectivity index (χ0) is 20.4. The molecule has 0 N–H and O–H groups in total. The second kappa shape index (κ2) is 8.29. The number of imidazole rings is 1. The number of aromatic nitrogens is 5. The van der Waals surface area contributed by atoms with Gasteiger partial charge in [-0.15, -0.1) is 10.2 Å². The maximum atomic E-state index is 4.74. The molecular weight excluding hydrogens is 380 g/mol. The van der Waals surface area contributed by atoms with Gasteiger partial charge in [0.15, 0.2) is 11.0 Å². The largest absolute Gasteiger partial charge is 0.372 e. The van der Waals surface area contributed by atoms with E-state index in [1.54, 1.807) is 11.8 Å². The molecule has 0 saturated heterocycles. The Bertz CT molecular complexity index is 1110. The monoisotopic (exact) mass is 406 g/mol. The van der Waals surface area contributed by atoms with E-state index in [1.165, 1.54) is 11.3 Å². The Balaban J connectivity index is 1.50. The molecule has 0 radical (unpaired) electrons. The van der Waals surface area contributed by atoms with Crippen molar-refractivity contribution < 1.29 is 0 Å². The molecule has 0 amide bonds. The van der Waals surface area contributed by atoms with Crippen LogP contribution in [-0.2, 0) is 12.8 Å². The minimum Gasteiger partial charge on any atom is -0.372 e. The number of benzene rings is 1. The molecule has 0 aliphatic heterocycles. The number of nitrogens with zero attached hydrogens (tertiary/aromatic N) is 6. The van der Waals surface area contributed by atoms with Crippen LogP contribution < -0.4 is 4.90 Å². The summed E-state index contributed by atoms with van der Waals surface area (Å²) in [6, 6.07) is 12.7. The average Bonchev–Trinajstić information content (AvgIpc) is 3.32. The van der Waals surface area contributed by atoms with Crippen LogP contribution in [0.2, 0.25) is 0 Å². The number of hydrogen-bond donors (Lipinski definition) is 0. The van der Waals surface area contributed by atoms with E-state index in [4.69, 9.17) is 4.98 Å². The predicted molar refractivity (Wildman–Crippen MR) is 119 cm³/mol. The number of pyridine rings is 1. The summed E-state index contributed by atoms with van der Waals surface area (Å²) in [4.78, 5) is 7.08. The zero-order valence-electron chi connectivity index (χ0n) is 17.3. The first kappa shape index (κ1) is 19.5. The van der Waals surface area contributed by atoms with Crippen LogP contribution in [0.15, 0.2) is 53.9 Å². The van der Waals surface area contributed by atoms with Crippen LogP contribution in [0.1, 0.15) is 25.1 Å². The molecule has 3 aromatic heterocycles. The number of hydrogen-bond acceptors (Lipinski definition) is 5. The molecule has 0 aliphatic rings. The molecule has 0 fully saturated rings. The fraction of sp³-hybridized carbons (Fsp3) is 0.318. The highest BCUT2D eigenvalue weighted by Crippen LogP contribution is 2.27. The normalized spacial score (nSPS) is 11.3. The lowest BCUT2D eigenvalue weighted by Gasteiger charge is -2.21. The van der Waals surface area contributed by atoms with Crippen molar-refractivity contribution in [2.75, 3.05) is 18.0 Å². The first-order valence-electron chi connectivity index (χ1n) is 9.91. The summed E-state index contributed by atoms with van der Waals surface area (Å²) in [7, 11) is 2.02. The molecule has 0 saturated carbocycles. The molecule has 150 valence electrons.